The van der Waals surface area contributed by atoms with E-state index in [-0.39, 0.29) is 5.91 Å². The topological polar surface area (TPSA) is 33.2 Å². The van der Waals surface area contributed by atoms with E-state index in [0.717, 1.165) is 15.8 Å². The third-order valence-electron chi connectivity index (χ3n) is 4.07. The summed E-state index contributed by atoms with van der Waals surface area (Å²) in [4.78, 5) is 19.6. The van der Waals surface area contributed by atoms with Crippen LogP contribution in [0.15, 0.2) is 72.8 Å². The minimum absolute atomic E-state index is 0.147. The second-order valence-corrected chi connectivity index (χ2v) is 7.88. The molecule has 0 aliphatic heterocycles. The van der Waals surface area contributed by atoms with Crippen molar-refractivity contribution in [2.24, 2.45) is 0 Å². The summed E-state index contributed by atoms with van der Waals surface area (Å²) in [6.45, 7) is 0.416. The predicted molar refractivity (Wildman–Crippen MR) is 113 cm³/mol. The van der Waals surface area contributed by atoms with E-state index in [1.807, 2.05) is 42.5 Å². The second-order valence-electron chi connectivity index (χ2n) is 6.00. The first-order valence-corrected chi connectivity index (χ1v) is 9.85. The molecule has 6 heteroatoms. The number of carbonyl (C=O) groups excluding carboxylic acids is 1. The lowest BCUT2D eigenvalue weighted by atomic mass is 10.1. The van der Waals surface area contributed by atoms with Crippen LogP contribution in [0.5, 0.6) is 0 Å². The Labute approximate surface area is 170 Å². The molecule has 1 amide bonds. The van der Waals surface area contributed by atoms with Crippen molar-refractivity contribution in [2.45, 2.75) is 6.54 Å². The molecule has 0 N–H and O–H groups in total. The lowest BCUT2D eigenvalue weighted by Crippen LogP contribution is -2.30. The Morgan fingerprint density at radius 1 is 0.926 bits per heavy atom. The van der Waals surface area contributed by atoms with Gasteiger partial charge in [0.05, 0.1) is 16.8 Å². The first kappa shape index (κ1) is 18.0. The van der Waals surface area contributed by atoms with Gasteiger partial charge in [0.25, 0.3) is 5.91 Å². The molecule has 4 aromatic rings. The van der Waals surface area contributed by atoms with Crippen molar-refractivity contribution in [1.29, 1.82) is 0 Å². The Kier molecular flexibility index (Phi) is 5.12. The van der Waals surface area contributed by atoms with Gasteiger partial charge in [-0.3, -0.25) is 9.69 Å². The first-order valence-electron chi connectivity index (χ1n) is 8.27. The van der Waals surface area contributed by atoms with Gasteiger partial charge in [0.15, 0.2) is 5.13 Å². The number of thiazole rings is 1. The highest BCUT2D eigenvalue weighted by Gasteiger charge is 2.22. The highest BCUT2D eigenvalue weighted by Crippen LogP contribution is 2.32. The van der Waals surface area contributed by atoms with Crippen molar-refractivity contribution < 1.29 is 4.79 Å². The summed E-state index contributed by atoms with van der Waals surface area (Å²) < 4.78 is 0.939. The van der Waals surface area contributed by atoms with Crippen molar-refractivity contribution in [3.63, 3.8) is 0 Å². The maximum absolute atomic E-state index is 13.3. The largest absolute Gasteiger partial charge is 0.279 e. The van der Waals surface area contributed by atoms with Gasteiger partial charge in [0.1, 0.15) is 0 Å². The van der Waals surface area contributed by atoms with Gasteiger partial charge in [-0.1, -0.05) is 70.9 Å². The Morgan fingerprint density at radius 3 is 2.48 bits per heavy atom. The fourth-order valence-corrected chi connectivity index (χ4v) is 4.20. The van der Waals surface area contributed by atoms with E-state index in [0.29, 0.717) is 27.3 Å². The number of hydrogen-bond acceptors (Lipinski definition) is 3. The van der Waals surface area contributed by atoms with Gasteiger partial charge < -0.3 is 0 Å². The van der Waals surface area contributed by atoms with Crippen LogP contribution >= 0.6 is 34.5 Å². The molecule has 27 heavy (non-hydrogen) atoms. The van der Waals surface area contributed by atoms with Crippen molar-refractivity contribution in [1.82, 2.24) is 4.98 Å². The van der Waals surface area contributed by atoms with E-state index >= 15 is 0 Å². The normalized spacial score (nSPS) is 10.9. The highest BCUT2D eigenvalue weighted by atomic mass is 35.5. The Bertz CT molecular complexity index is 1110. The summed E-state index contributed by atoms with van der Waals surface area (Å²) in [6.07, 6.45) is 0. The molecule has 4 rings (SSSR count). The fourth-order valence-electron chi connectivity index (χ4n) is 2.77. The third kappa shape index (κ3) is 3.98. The molecule has 3 nitrogen and oxygen atoms in total. The number of rotatable bonds is 4. The summed E-state index contributed by atoms with van der Waals surface area (Å²) >= 11 is 13.6. The third-order valence-corrected chi connectivity index (χ3v) is 5.58. The molecular formula is C21H14Cl2N2OS. The quantitative estimate of drug-likeness (QED) is 0.385. The number of fused-ring (bicyclic) bond motifs is 1. The molecule has 0 aliphatic carbocycles. The van der Waals surface area contributed by atoms with Crippen LogP contribution in [-0.2, 0) is 6.54 Å². The number of hydrogen-bond donors (Lipinski definition) is 0. The van der Waals surface area contributed by atoms with E-state index in [9.17, 15) is 4.79 Å². The molecule has 0 spiro atoms. The zero-order chi connectivity index (χ0) is 18.8. The van der Waals surface area contributed by atoms with Crippen LogP contribution in [0.1, 0.15) is 15.9 Å². The molecule has 1 heterocycles. The number of carbonyl (C=O) groups is 1. The highest BCUT2D eigenvalue weighted by molar-refractivity contribution is 7.22. The molecular weight excluding hydrogens is 399 g/mol. The number of halogens is 2. The maximum atomic E-state index is 13.3. The van der Waals surface area contributed by atoms with E-state index in [2.05, 4.69) is 4.98 Å². The zero-order valence-electron chi connectivity index (χ0n) is 14.1. The van der Waals surface area contributed by atoms with Crippen LogP contribution < -0.4 is 4.90 Å². The number of amides is 1. The minimum atomic E-state index is -0.147. The average Bonchev–Trinajstić information content (AvgIpc) is 3.09. The number of nitrogens with zero attached hydrogens (tertiary/aromatic N) is 2. The Balaban J connectivity index is 1.77. The van der Waals surface area contributed by atoms with Crippen LogP contribution in [0.25, 0.3) is 10.2 Å². The number of anilines is 1. The predicted octanol–water partition coefficient (Wildman–Crippen LogP) is 6.45. The van der Waals surface area contributed by atoms with Gasteiger partial charge >= 0.3 is 0 Å². The summed E-state index contributed by atoms with van der Waals surface area (Å²) in [7, 11) is 0. The number of aromatic nitrogens is 1. The van der Waals surface area contributed by atoms with Gasteiger partial charge in [-0.2, -0.15) is 0 Å². The molecule has 0 aliphatic rings. The molecule has 0 unspecified atom stereocenters. The van der Waals surface area contributed by atoms with Crippen molar-refractivity contribution >= 4 is 55.8 Å². The smallest absolute Gasteiger partial charge is 0.260 e. The molecule has 1 aromatic heterocycles. The monoisotopic (exact) mass is 412 g/mol. The van der Waals surface area contributed by atoms with Gasteiger partial charge in [0, 0.05) is 15.6 Å². The molecule has 0 radical (unpaired) electrons. The van der Waals surface area contributed by atoms with Crippen molar-refractivity contribution in [3.8, 4) is 0 Å². The van der Waals surface area contributed by atoms with Crippen molar-refractivity contribution in [3.05, 3.63) is 94.0 Å². The van der Waals surface area contributed by atoms with Gasteiger partial charge in [-0.15, -0.1) is 0 Å². The SMILES string of the molecule is O=C(c1cccc(Cl)c1)N(Cc1ccccc1)c1nc2ccc(Cl)cc2s1. The van der Waals surface area contributed by atoms with Crippen LogP contribution in [0.4, 0.5) is 5.13 Å². The summed E-state index contributed by atoms with van der Waals surface area (Å²) in [5, 5.41) is 1.80. The molecule has 0 atom stereocenters. The Morgan fingerprint density at radius 2 is 1.70 bits per heavy atom. The van der Waals surface area contributed by atoms with Crippen LogP contribution in [-0.4, -0.2) is 10.9 Å². The van der Waals surface area contributed by atoms with Gasteiger partial charge in [-0.25, -0.2) is 4.98 Å². The van der Waals surface area contributed by atoms with Crippen LogP contribution in [0, 0.1) is 0 Å². The number of benzene rings is 3. The molecule has 0 bridgehead atoms. The molecule has 0 saturated heterocycles. The second kappa shape index (κ2) is 7.69. The molecule has 0 saturated carbocycles. The summed E-state index contributed by atoms with van der Waals surface area (Å²) in [6, 6.07) is 22.3. The van der Waals surface area contributed by atoms with E-state index < -0.39 is 0 Å². The summed E-state index contributed by atoms with van der Waals surface area (Å²) in [5.74, 6) is -0.147. The average molecular weight is 413 g/mol. The molecule has 134 valence electrons. The maximum Gasteiger partial charge on any atom is 0.260 e. The Hall–Kier alpha value is -2.40. The van der Waals surface area contributed by atoms with E-state index in [1.165, 1.54) is 11.3 Å². The molecule has 0 fully saturated rings. The molecule has 3 aromatic carbocycles. The van der Waals surface area contributed by atoms with Crippen LogP contribution in [0.3, 0.4) is 0 Å². The standard InChI is InChI=1S/C21H14Cl2N2OS/c22-16-8-4-7-15(11-16)20(26)25(13-14-5-2-1-3-6-14)21-24-18-10-9-17(23)12-19(18)27-21/h1-12H,13H2. The summed E-state index contributed by atoms with van der Waals surface area (Å²) in [5.41, 5.74) is 2.36. The fraction of sp³-hybridized carbons (Fsp3) is 0.0476. The lowest BCUT2D eigenvalue weighted by Gasteiger charge is -2.20. The first-order chi connectivity index (χ1) is 13.1. The zero-order valence-corrected chi connectivity index (χ0v) is 16.4. The van der Waals surface area contributed by atoms with Crippen LogP contribution in [0.2, 0.25) is 10.0 Å². The lowest BCUT2D eigenvalue weighted by molar-refractivity contribution is 0.0985. The van der Waals surface area contributed by atoms with Gasteiger partial charge in [0.2, 0.25) is 0 Å². The van der Waals surface area contributed by atoms with Crippen molar-refractivity contribution in [2.75, 3.05) is 4.90 Å². The van der Waals surface area contributed by atoms with Gasteiger partial charge in [-0.05, 0) is 42.0 Å². The minimum Gasteiger partial charge on any atom is -0.279 e. The van der Waals surface area contributed by atoms with E-state index in [4.69, 9.17) is 23.2 Å². The van der Waals surface area contributed by atoms with E-state index in [1.54, 1.807) is 35.2 Å².